The van der Waals surface area contributed by atoms with E-state index in [4.69, 9.17) is 0 Å². The zero-order valence-electron chi connectivity index (χ0n) is 19.5. The zero-order chi connectivity index (χ0) is 24.3. The van der Waals surface area contributed by atoms with Crippen LogP contribution in [-0.2, 0) is 27.8 Å². The van der Waals surface area contributed by atoms with E-state index in [1.807, 2.05) is 18.5 Å². The molecular formula is C22H31N5O5S. The molecule has 0 radical (unpaired) electrons. The maximum atomic E-state index is 12.9. The normalized spacial score (nSPS) is 15.2. The molecule has 0 spiro atoms. The first-order chi connectivity index (χ1) is 15.5. The number of aryl methyl sites for hydroxylation is 1. The minimum absolute atomic E-state index is 0.00204. The molecule has 1 amide bonds. The third-order valence-electron chi connectivity index (χ3n) is 5.93. The van der Waals surface area contributed by atoms with Crippen LogP contribution in [0.3, 0.4) is 0 Å². The van der Waals surface area contributed by atoms with Gasteiger partial charge in [-0.25, -0.2) is 8.42 Å². The van der Waals surface area contributed by atoms with Crippen LogP contribution in [0.5, 0.6) is 0 Å². The molecular weight excluding hydrogens is 446 g/mol. The number of amides is 1. The number of nitro groups is 1. The first-order valence-electron chi connectivity index (χ1n) is 11.1. The Morgan fingerprint density at radius 1 is 1.12 bits per heavy atom. The average Bonchev–Trinajstić information content (AvgIpc) is 3.03. The molecule has 0 aliphatic carbocycles. The second kappa shape index (κ2) is 10.0. The number of hydrogen-bond donors (Lipinski definition) is 0. The van der Waals surface area contributed by atoms with Gasteiger partial charge in [0.2, 0.25) is 15.9 Å². The van der Waals surface area contributed by atoms with Gasteiger partial charge >= 0.3 is 0 Å². The summed E-state index contributed by atoms with van der Waals surface area (Å²) in [5.74, 6) is 0.480. The zero-order valence-corrected chi connectivity index (χ0v) is 20.3. The fourth-order valence-corrected chi connectivity index (χ4v) is 5.50. The van der Waals surface area contributed by atoms with Crippen LogP contribution >= 0.6 is 0 Å². The van der Waals surface area contributed by atoms with Gasteiger partial charge in [0, 0.05) is 57.0 Å². The second-order valence-electron chi connectivity index (χ2n) is 8.76. The fourth-order valence-electron chi connectivity index (χ4n) is 4.08. The molecule has 2 aromatic rings. The Morgan fingerprint density at radius 2 is 1.73 bits per heavy atom. The predicted octanol–water partition coefficient (Wildman–Crippen LogP) is 2.53. The number of nitrogens with zero attached hydrogens (tertiary/aromatic N) is 5. The molecule has 1 aliphatic heterocycles. The number of carbonyl (C=O) groups excluding carboxylic acids is 1. The van der Waals surface area contributed by atoms with E-state index in [1.165, 1.54) is 28.6 Å². The molecule has 0 atom stereocenters. The quantitative estimate of drug-likeness (QED) is 0.426. The molecule has 1 aromatic heterocycles. The largest absolute Gasteiger partial charge is 0.340 e. The van der Waals surface area contributed by atoms with Gasteiger partial charge in [-0.1, -0.05) is 13.8 Å². The van der Waals surface area contributed by atoms with Gasteiger partial charge < -0.3 is 4.90 Å². The number of non-ortho nitro benzene ring substituents is 1. The van der Waals surface area contributed by atoms with Gasteiger partial charge in [0.15, 0.2) is 0 Å². The van der Waals surface area contributed by atoms with Crippen molar-refractivity contribution in [3.8, 4) is 0 Å². The molecule has 1 saturated heterocycles. The minimum atomic E-state index is -3.77. The number of nitro benzene ring substituents is 1. The van der Waals surface area contributed by atoms with Crippen molar-refractivity contribution in [1.29, 1.82) is 0 Å². The molecule has 11 heteroatoms. The van der Waals surface area contributed by atoms with Gasteiger partial charge in [-0.05, 0) is 43.9 Å². The molecule has 33 heavy (non-hydrogen) atoms. The van der Waals surface area contributed by atoms with Crippen molar-refractivity contribution in [3.63, 3.8) is 0 Å². The van der Waals surface area contributed by atoms with Crippen LogP contribution in [0.25, 0.3) is 0 Å². The van der Waals surface area contributed by atoms with Gasteiger partial charge in [-0.15, -0.1) is 0 Å². The number of carbonyl (C=O) groups is 1. The summed E-state index contributed by atoms with van der Waals surface area (Å²) in [5.41, 5.74) is 2.97. The monoisotopic (exact) mass is 477 g/mol. The first kappa shape index (κ1) is 24.8. The number of rotatable bonds is 8. The molecule has 0 bridgehead atoms. The molecule has 0 unspecified atom stereocenters. The summed E-state index contributed by atoms with van der Waals surface area (Å²) < 4.78 is 29.0. The highest BCUT2D eigenvalue weighted by Gasteiger charge is 2.30. The van der Waals surface area contributed by atoms with Crippen molar-refractivity contribution in [2.24, 2.45) is 5.92 Å². The molecule has 1 fully saturated rings. The van der Waals surface area contributed by atoms with E-state index in [-0.39, 0.29) is 29.6 Å². The lowest BCUT2D eigenvalue weighted by molar-refractivity contribution is -0.384. The van der Waals surface area contributed by atoms with E-state index in [1.54, 1.807) is 4.90 Å². The smallest absolute Gasteiger partial charge is 0.269 e. The summed E-state index contributed by atoms with van der Waals surface area (Å²) in [6.45, 7) is 10.1. The summed E-state index contributed by atoms with van der Waals surface area (Å²) >= 11 is 0. The third kappa shape index (κ3) is 5.59. The summed E-state index contributed by atoms with van der Waals surface area (Å²) in [7, 11) is -3.77. The summed E-state index contributed by atoms with van der Waals surface area (Å²) in [4.78, 5) is 24.7. The Kier molecular flexibility index (Phi) is 7.53. The maximum Gasteiger partial charge on any atom is 0.269 e. The van der Waals surface area contributed by atoms with Crippen LogP contribution < -0.4 is 0 Å². The average molecular weight is 478 g/mol. The van der Waals surface area contributed by atoms with Crippen molar-refractivity contribution in [3.05, 3.63) is 51.3 Å². The van der Waals surface area contributed by atoms with Crippen LogP contribution in [0.15, 0.2) is 29.2 Å². The molecule has 0 saturated carbocycles. The predicted molar refractivity (Wildman–Crippen MR) is 123 cm³/mol. The van der Waals surface area contributed by atoms with E-state index in [0.717, 1.165) is 23.5 Å². The van der Waals surface area contributed by atoms with E-state index >= 15 is 0 Å². The fraction of sp³-hybridized carbons (Fsp3) is 0.545. The molecule has 1 aliphatic rings. The lowest BCUT2D eigenvalue weighted by atomic mass is 10.1. The van der Waals surface area contributed by atoms with Gasteiger partial charge in [0.1, 0.15) is 0 Å². The molecule has 180 valence electrons. The van der Waals surface area contributed by atoms with Gasteiger partial charge in [0.25, 0.3) is 5.69 Å². The van der Waals surface area contributed by atoms with Gasteiger partial charge in [0.05, 0.1) is 15.5 Å². The Morgan fingerprint density at radius 3 is 2.27 bits per heavy atom. The first-order valence-corrected chi connectivity index (χ1v) is 12.5. The van der Waals surface area contributed by atoms with Crippen LogP contribution in [0.2, 0.25) is 0 Å². The molecule has 10 nitrogen and oxygen atoms in total. The van der Waals surface area contributed by atoms with E-state index < -0.39 is 14.9 Å². The number of sulfonamides is 1. The lowest BCUT2D eigenvalue weighted by Gasteiger charge is -2.34. The van der Waals surface area contributed by atoms with E-state index in [9.17, 15) is 23.3 Å². The van der Waals surface area contributed by atoms with Crippen LogP contribution in [0.4, 0.5) is 5.69 Å². The highest BCUT2D eigenvalue weighted by Crippen LogP contribution is 2.22. The number of piperazine rings is 1. The third-order valence-corrected chi connectivity index (χ3v) is 7.85. The van der Waals surface area contributed by atoms with Crippen molar-refractivity contribution in [2.75, 3.05) is 26.2 Å². The maximum absolute atomic E-state index is 12.9. The van der Waals surface area contributed by atoms with Crippen molar-refractivity contribution in [1.82, 2.24) is 19.0 Å². The molecule has 3 rings (SSSR count). The standard InChI is InChI=1S/C22H31N5O5S/c1-16(2)15-26-18(4)21(17(3)23-26)9-10-22(28)24-11-13-25(14-12-24)33(31,32)20-7-5-19(6-8-20)27(29)30/h5-8,16H,9-15H2,1-4H3. The van der Waals surface area contributed by atoms with Crippen molar-refractivity contribution >= 4 is 21.6 Å². The lowest BCUT2D eigenvalue weighted by Crippen LogP contribution is -2.50. The van der Waals surface area contributed by atoms with Crippen LogP contribution in [0.1, 0.15) is 37.2 Å². The molecule has 1 aromatic carbocycles. The number of benzene rings is 1. The molecule has 2 heterocycles. The Labute approximate surface area is 194 Å². The minimum Gasteiger partial charge on any atom is -0.340 e. The Balaban J connectivity index is 1.57. The molecule has 0 N–H and O–H groups in total. The Bertz CT molecular complexity index is 1120. The van der Waals surface area contributed by atoms with Crippen LogP contribution in [-0.4, -0.2) is 64.4 Å². The SMILES string of the molecule is Cc1nn(CC(C)C)c(C)c1CCC(=O)N1CCN(S(=O)(=O)c2ccc([N+](=O)[O-])cc2)CC1. The van der Waals surface area contributed by atoms with Crippen LogP contribution in [0, 0.1) is 29.9 Å². The highest BCUT2D eigenvalue weighted by atomic mass is 32.2. The number of aromatic nitrogens is 2. The summed E-state index contributed by atoms with van der Waals surface area (Å²) in [5, 5.41) is 15.4. The Hall–Kier alpha value is -2.79. The topological polar surface area (TPSA) is 119 Å². The van der Waals surface area contributed by atoms with Gasteiger partial charge in [-0.2, -0.15) is 9.40 Å². The van der Waals surface area contributed by atoms with Crippen molar-refractivity contribution in [2.45, 2.75) is 52.0 Å². The van der Waals surface area contributed by atoms with E-state index in [0.29, 0.717) is 31.8 Å². The summed E-state index contributed by atoms with van der Waals surface area (Å²) in [6, 6.07) is 4.85. The second-order valence-corrected chi connectivity index (χ2v) is 10.7. The van der Waals surface area contributed by atoms with Crippen molar-refractivity contribution < 1.29 is 18.1 Å². The highest BCUT2D eigenvalue weighted by molar-refractivity contribution is 7.89. The van der Waals surface area contributed by atoms with E-state index in [2.05, 4.69) is 18.9 Å². The summed E-state index contributed by atoms with van der Waals surface area (Å²) in [6.07, 6.45) is 0.958. The van der Waals surface area contributed by atoms with Gasteiger partial charge in [-0.3, -0.25) is 19.6 Å². The number of hydrogen-bond acceptors (Lipinski definition) is 6.